The first-order chi connectivity index (χ1) is 8.54. The SMILES string of the molecule is O=C(CC1(CS)CC1)NCc1cc(F)ccc1F. The molecule has 98 valence electrons. The number of nitrogens with one attached hydrogen (secondary N) is 1. The average Bonchev–Trinajstić information content (AvgIpc) is 3.11. The van der Waals surface area contributed by atoms with Crippen LogP contribution in [0.2, 0.25) is 0 Å². The molecule has 0 unspecified atom stereocenters. The van der Waals surface area contributed by atoms with Gasteiger partial charge >= 0.3 is 0 Å². The summed E-state index contributed by atoms with van der Waals surface area (Å²) in [6.07, 6.45) is 2.43. The van der Waals surface area contributed by atoms with Crippen LogP contribution in [0.3, 0.4) is 0 Å². The van der Waals surface area contributed by atoms with E-state index in [0.29, 0.717) is 12.2 Å². The van der Waals surface area contributed by atoms with Crippen molar-refractivity contribution in [2.24, 2.45) is 5.41 Å². The minimum atomic E-state index is -0.507. The zero-order chi connectivity index (χ0) is 13.2. The van der Waals surface area contributed by atoms with Crippen molar-refractivity contribution < 1.29 is 13.6 Å². The molecule has 1 aromatic carbocycles. The van der Waals surface area contributed by atoms with E-state index in [4.69, 9.17) is 0 Å². The lowest BCUT2D eigenvalue weighted by atomic mass is 10.1. The molecule has 0 aromatic heterocycles. The molecule has 18 heavy (non-hydrogen) atoms. The Balaban J connectivity index is 1.87. The summed E-state index contributed by atoms with van der Waals surface area (Å²) in [6.45, 7) is 0.0189. The van der Waals surface area contributed by atoms with E-state index in [9.17, 15) is 13.6 Å². The fourth-order valence-electron chi connectivity index (χ4n) is 1.84. The fourth-order valence-corrected chi connectivity index (χ4v) is 2.27. The molecule has 5 heteroatoms. The highest BCUT2D eigenvalue weighted by molar-refractivity contribution is 7.80. The maximum atomic E-state index is 13.3. The molecule has 0 bridgehead atoms. The first-order valence-corrected chi connectivity index (χ1v) is 6.49. The first-order valence-electron chi connectivity index (χ1n) is 5.86. The van der Waals surface area contributed by atoms with Crippen LogP contribution in [0.4, 0.5) is 8.78 Å². The van der Waals surface area contributed by atoms with E-state index in [0.717, 1.165) is 31.0 Å². The van der Waals surface area contributed by atoms with E-state index in [2.05, 4.69) is 17.9 Å². The van der Waals surface area contributed by atoms with Crippen LogP contribution in [0.1, 0.15) is 24.8 Å². The van der Waals surface area contributed by atoms with Gasteiger partial charge in [-0.15, -0.1) is 0 Å². The normalized spacial score (nSPS) is 16.4. The third kappa shape index (κ3) is 3.22. The van der Waals surface area contributed by atoms with Crippen LogP contribution < -0.4 is 5.32 Å². The van der Waals surface area contributed by atoms with Gasteiger partial charge in [0.1, 0.15) is 11.6 Å². The molecule has 0 radical (unpaired) electrons. The molecule has 1 fully saturated rings. The number of rotatable bonds is 5. The fraction of sp³-hybridized carbons (Fsp3) is 0.462. The van der Waals surface area contributed by atoms with Crippen LogP contribution in [0, 0.1) is 17.0 Å². The van der Waals surface area contributed by atoms with Gasteiger partial charge in [0.25, 0.3) is 0 Å². The summed E-state index contributed by atoms with van der Waals surface area (Å²) in [5.41, 5.74) is 0.201. The van der Waals surface area contributed by atoms with Gasteiger partial charge in [-0.2, -0.15) is 12.6 Å². The van der Waals surface area contributed by atoms with Crippen LogP contribution in [0.25, 0.3) is 0 Å². The highest BCUT2D eigenvalue weighted by atomic mass is 32.1. The molecule has 2 nitrogen and oxygen atoms in total. The third-order valence-corrected chi connectivity index (χ3v) is 3.98. The zero-order valence-electron chi connectivity index (χ0n) is 9.88. The topological polar surface area (TPSA) is 29.1 Å². The van der Waals surface area contributed by atoms with Gasteiger partial charge in [0.05, 0.1) is 0 Å². The van der Waals surface area contributed by atoms with Gasteiger partial charge in [-0.1, -0.05) is 0 Å². The van der Waals surface area contributed by atoms with Gasteiger partial charge < -0.3 is 5.32 Å². The summed E-state index contributed by atoms with van der Waals surface area (Å²) in [5, 5.41) is 2.62. The van der Waals surface area contributed by atoms with Crippen molar-refractivity contribution in [3.8, 4) is 0 Å². The van der Waals surface area contributed by atoms with E-state index in [-0.39, 0.29) is 23.4 Å². The molecule has 0 heterocycles. The van der Waals surface area contributed by atoms with E-state index < -0.39 is 11.6 Å². The number of hydrogen-bond donors (Lipinski definition) is 2. The molecule has 1 aliphatic carbocycles. The molecule has 1 aromatic rings. The Bertz CT molecular complexity index is 460. The van der Waals surface area contributed by atoms with Crippen molar-refractivity contribution in [2.45, 2.75) is 25.8 Å². The molecule has 1 N–H and O–H groups in total. The summed E-state index contributed by atoms with van der Waals surface area (Å²) in [6, 6.07) is 3.22. The second-order valence-electron chi connectivity index (χ2n) is 4.85. The number of thiol groups is 1. The average molecular weight is 271 g/mol. The van der Waals surface area contributed by atoms with Crippen molar-refractivity contribution in [3.63, 3.8) is 0 Å². The zero-order valence-corrected chi connectivity index (χ0v) is 10.8. The Kier molecular flexibility index (Phi) is 3.90. The van der Waals surface area contributed by atoms with Crippen LogP contribution in [-0.2, 0) is 11.3 Å². The first kappa shape index (κ1) is 13.3. The van der Waals surface area contributed by atoms with E-state index in [1.165, 1.54) is 0 Å². The summed E-state index contributed by atoms with van der Waals surface area (Å²) in [5.74, 6) is -0.457. The van der Waals surface area contributed by atoms with Gasteiger partial charge in [0, 0.05) is 18.5 Å². The van der Waals surface area contributed by atoms with Crippen molar-refractivity contribution in [2.75, 3.05) is 5.75 Å². The minimum absolute atomic E-state index is 0.0189. The van der Waals surface area contributed by atoms with Crippen molar-refractivity contribution >= 4 is 18.5 Å². The number of halogens is 2. The molecular formula is C13H15F2NOS. The van der Waals surface area contributed by atoms with Gasteiger partial charge in [0.15, 0.2) is 0 Å². The lowest BCUT2D eigenvalue weighted by Gasteiger charge is -2.12. The maximum absolute atomic E-state index is 13.3. The number of benzene rings is 1. The summed E-state index contributed by atoms with van der Waals surface area (Å²) in [4.78, 5) is 11.7. The molecule has 1 aliphatic rings. The van der Waals surface area contributed by atoms with Crippen molar-refractivity contribution in [1.29, 1.82) is 0 Å². The van der Waals surface area contributed by atoms with E-state index in [1.807, 2.05) is 0 Å². The molecule has 0 atom stereocenters. The largest absolute Gasteiger partial charge is 0.352 e. The Hall–Kier alpha value is -1.10. The third-order valence-electron chi connectivity index (χ3n) is 3.31. The Morgan fingerprint density at radius 3 is 2.72 bits per heavy atom. The van der Waals surface area contributed by atoms with E-state index >= 15 is 0 Å². The van der Waals surface area contributed by atoms with Crippen molar-refractivity contribution in [1.82, 2.24) is 5.32 Å². The Morgan fingerprint density at radius 2 is 2.11 bits per heavy atom. The quantitative estimate of drug-likeness (QED) is 0.792. The highest BCUT2D eigenvalue weighted by Gasteiger charge is 2.42. The van der Waals surface area contributed by atoms with Crippen LogP contribution >= 0.6 is 12.6 Å². The Labute approximate surface area is 110 Å². The predicted molar refractivity (Wildman–Crippen MR) is 68.3 cm³/mol. The number of amides is 1. The lowest BCUT2D eigenvalue weighted by Crippen LogP contribution is -2.26. The molecule has 1 amide bonds. The number of carbonyl (C=O) groups excluding carboxylic acids is 1. The lowest BCUT2D eigenvalue weighted by molar-refractivity contribution is -0.122. The number of carbonyl (C=O) groups is 1. The highest BCUT2D eigenvalue weighted by Crippen LogP contribution is 2.49. The summed E-state index contributed by atoms with van der Waals surface area (Å²) in [7, 11) is 0. The second-order valence-corrected chi connectivity index (χ2v) is 5.16. The van der Waals surface area contributed by atoms with Crippen LogP contribution in [0.5, 0.6) is 0 Å². The van der Waals surface area contributed by atoms with Crippen LogP contribution in [0.15, 0.2) is 18.2 Å². The molecule has 0 saturated heterocycles. The Morgan fingerprint density at radius 1 is 1.39 bits per heavy atom. The summed E-state index contributed by atoms with van der Waals surface area (Å²) < 4.78 is 26.2. The molecule has 0 aliphatic heterocycles. The van der Waals surface area contributed by atoms with Crippen molar-refractivity contribution in [3.05, 3.63) is 35.4 Å². The van der Waals surface area contributed by atoms with Gasteiger partial charge in [-0.25, -0.2) is 8.78 Å². The minimum Gasteiger partial charge on any atom is -0.352 e. The van der Waals surface area contributed by atoms with E-state index in [1.54, 1.807) is 0 Å². The monoisotopic (exact) mass is 271 g/mol. The van der Waals surface area contributed by atoms with Gasteiger partial charge in [-0.3, -0.25) is 4.79 Å². The van der Waals surface area contributed by atoms with Crippen LogP contribution in [-0.4, -0.2) is 11.7 Å². The molecular weight excluding hydrogens is 256 g/mol. The molecule has 2 rings (SSSR count). The number of hydrogen-bond acceptors (Lipinski definition) is 2. The smallest absolute Gasteiger partial charge is 0.220 e. The van der Waals surface area contributed by atoms with Gasteiger partial charge in [-0.05, 0) is 42.2 Å². The maximum Gasteiger partial charge on any atom is 0.220 e. The standard InChI is InChI=1S/C13H15F2NOS/c14-10-1-2-11(15)9(5-10)7-16-12(17)6-13(8-18)3-4-13/h1-2,5,18H,3-4,6-8H2,(H,16,17). The molecule has 0 spiro atoms. The molecule has 1 saturated carbocycles. The predicted octanol–water partition coefficient (Wildman–Crippen LogP) is 2.68. The van der Waals surface area contributed by atoms with Gasteiger partial charge in [0.2, 0.25) is 5.91 Å². The second kappa shape index (κ2) is 5.26. The summed E-state index contributed by atoms with van der Waals surface area (Å²) >= 11 is 4.22.